The van der Waals surface area contributed by atoms with Gasteiger partial charge in [-0.25, -0.2) is 9.07 Å². The van der Waals surface area contributed by atoms with Crippen LogP contribution in [0.15, 0.2) is 216 Å². The highest BCUT2D eigenvalue weighted by molar-refractivity contribution is 6.11. The zero-order chi connectivity index (χ0) is 71.1. The molecule has 9 aromatic rings. The van der Waals surface area contributed by atoms with E-state index in [0.29, 0.717) is 58.8 Å². The monoisotopic (exact) mass is 1370 g/mol. The van der Waals surface area contributed by atoms with E-state index in [2.05, 4.69) is 43.3 Å². The lowest BCUT2D eigenvalue weighted by molar-refractivity contribution is 0.0977. The highest BCUT2D eigenvalue weighted by atomic mass is 19.1. The third-order valence-electron chi connectivity index (χ3n) is 21.7. The van der Waals surface area contributed by atoms with Crippen molar-refractivity contribution in [1.82, 2.24) is 9.78 Å². The molecule has 3 aliphatic heterocycles. The van der Waals surface area contributed by atoms with Crippen molar-refractivity contribution < 1.29 is 44.0 Å². The zero-order valence-electron chi connectivity index (χ0n) is 57.6. The van der Waals surface area contributed by atoms with Crippen molar-refractivity contribution in [1.29, 1.82) is 0 Å². The number of hydrogen-bond acceptors (Lipinski definition) is 12. The number of halogens is 1. The van der Waals surface area contributed by atoms with Crippen molar-refractivity contribution in [3.63, 3.8) is 0 Å². The molecule has 5 N–H and O–H groups in total. The van der Waals surface area contributed by atoms with Crippen LogP contribution in [0.1, 0.15) is 162 Å². The molecule has 8 aromatic carbocycles. The summed E-state index contributed by atoms with van der Waals surface area (Å²) in [6.45, 7) is 7.29. The molecule has 19 heteroatoms. The molecule has 1 aromatic heterocycles. The molecule has 102 heavy (non-hydrogen) atoms. The second-order valence-corrected chi connectivity index (χ2v) is 27.9. The normalized spacial score (nSPS) is 20.9. The van der Waals surface area contributed by atoms with E-state index in [1.54, 1.807) is 72.5 Å². The average molecular weight is 1370 g/mol. The molecular formula is C83H83FN10O8. The number of carbonyl (C=O) groups excluding carboxylic acids is 5. The predicted octanol–water partition coefficient (Wildman–Crippen LogP) is 16.6. The summed E-state index contributed by atoms with van der Waals surface area (Å²) >= 11 is 0. The summed E-state index contributed by atoms with van der Waals surface area (Å²) in [6.07, 6.45) is 14.9. The van der Waals surface area contributed by atoms with Gasteiger partial charge in [0.25, 0.3) is 29.5 Å². The first-order valence-electron chi connectivity index (χ1n) is 35.1. The molecule has 3 aliphatic carbocycles. The fourth-order valence-electron chi connectivity index (χ4n) is 16.2. The molecule has 18 nitrogen and oxygen atoms in total. The first-order valence-corrected chi connectivity index (χ1v) is 35.1. The number of para-hydroxylation sites is 3. The summed E-state index contributed by atoms with van der Waals surface area (Å²) in [7, 11) is 0. The summed E-state index contributed by atoms with van der Waals surface area (Å²) in [6, 6.07) is 58.9. The number of benzene rings is 8. The number of rotatable bonds is 8. The molecule has 3 fully saturated rings. The largest absolute Gasteiger partial charge is 0.411 e. The van der Waals surface area contributed by atoms with Gasteiger partial charge in [-0.1, -0.05) is 94.3 Å². The molecular weight excluding hydrogens is 1280 g/mol. The van der Waals surface area contributed by atoms with Crippen molar-refractivity contribution in [3.05, 3.63) is 267 Å². The van der Waals surface area contributed by atoms with Crippen LogP contribution in [0, 0.1) is 42.8 Å². The lowest BCUT2D eigenvalue weighted by atomic mass is 9.76. The second kappa shape index (κ2) is 29.8. The van der Waals surface area contributed by atoms with Gasteiger partial charge in [-0.3, -0.25) is 24.0 Å². The van der Waals surface area contributed by atoms with Crippen LogP contribution in [-0.2, 0) is 19.3 Å². The van der Waals surface area contributed by atoms with Crippen LogP contribution in [0.4, 0.5) is 32.8 Å². The van der Waals surface area contributed by atoms with E-state index in [9.17, 15) is 44.0 Å². The van der Waals surface area contributed by atoms with E-state index in [1.807, 2.05) is 144 Å². The molecule has 0 saturated heterocycles. The van der Waals surface area contributed by atoms with Crippen LogP contribution in [0.25, 0.3) is 5.69 Å². The zero-order valence-corrected chi connectivity index (χ0v) is 57.6. The van der Waals surface area contributed by atoms with Gasteiger partial charge in [0.2, 0.25) is 0 Å². The molecule has 3 atom stereocenters. The van der Waals surface area contributed by atoms with Gasteiger partial charge in [0.05, 0.1) is 28.5 Å². The van der Waals surface area contributed by atoms with Crippen LogP contribution in [0.2, 0.25) is 0 Å². The first kappa shape index (κ1) is 69.2. The van der Waals surface area contributed by atoms with Gasteiger partial charge in [-0.15, -0.1) is 0 Å². The minimum absolute atomic E-state index is 0.00631. The quantitative estimate of drug-likeness (QED) is 0.0718. The molecule has 5 amide bonds. The van der Waals surface area contributed by atoms with Gasteiger partial charge in [-0.2, -0.15) is 5.10 Å². The molecule has 3 spiro atoms. The number of aryl methyl sites for hydroxylation is 3. The first-order chi connectivity index (χ1) is 49.5. The Morgan fingerprint density at radius 3 is 1.20 bits per heavy atom. The Bertz CT molecular complexity index is 4740. The molecule has 6 aliphatic rings. The van der Waals surface area contributed by atoms with Crippen LogP contribution >= 0.6 is 0 Å². The van der Waals surface area contributed by atoms with Crippen molar-refractivity contribution in [2.75, 3.05) is 45.0 Å². The van der Waals surface area contributed by atoms with E-state index < -0.39 is 11.7 Å². The Labute approximate surface area is 592 Å². The van der Waals surface area contributed by atoms with Gasteiger partial charge in [-0.05, 0) is 260 Å². The smallest absolute Gasteiger partial charge is 0.258 e. The molecule has 4 heterocycles. The number of nitrogens with one attached hydrogen (secondary N) is 2. The number of aromatic nitrogens is 2. The molecule has 3 saturated carbocycles. The maximum absolute atomic E-state index is 13.6. The SMILES string of the molecule is Cc1ccc(F)cc1C(=O)Nc1ccc(C(=O)N2CCC3(CCCC3=NO)Cc3ccccc32)cc1.Cc1ccccc1C(=O)Nc1ccc(C(=O)N2CCC3(CCCC3=NO)Cc3ccccc32)cc1.Cc1ccn(-c2ccc(C(=O)N3CCC4(CCCC4=NO)Cc4ccccc43)cc2)n1. The fraction of sp³-hybridized carbons (Fsp3) is 0.289. The Hall–Kier alpha value is -11.3. The van der Waals surface area contributed by atoms with Gasteiger partial charge >= 0.3 is 0 Å². The van der Waals surface area contributed by atoms with Gasteiger partial charge in [0.1, 0.15) is 5.82 Å². The molecule has 3 unspecified atom stereocenters. The van der Waals surface area contributed by atoms with Crippen LogP contribution in [-0.4, -0.2) is 91.7 Å². The predicted molar refractivity (Wildman–Crippen MR) is 395 cm³/mol. The number of nitrogens with zero attached hydrogens (tertiary/aromatic N) is 8. The summed E-state index contributed by atoms with van der Waals surface area (Å²) in [5.41, 5.74) is 15.3. The third kappa shape index (κ3) is 14.2. The summed E-state index contributed by atoms with van der Waals surface area (Å²) < 4.78 is 15.4. The van der Waals surface area contributed by atoms with Gasteiger partial charge in [0, 0.05) is 98.3 Å². The van der Waals surface area contributed by atoms with Crippen molar-refractivity contribution >= 4 is 75.1 Å². The van der Waals surface area contributed by atoms with Crippen molar-refractivity contribution in [2.24, 2.45) is 31.7 Å². The van der Waals surface area contributed by atoms with Crippen molar-refractivity contribution in [2.45, 2.75) is 117 Å². The number of carbonyl (C=O) groups is 5. The third-order valence-corrected chi connectivity index (χ3v) is 21.7. The fourth-order valence-corrected chi connectivity index (χ4v) is 16.2. The number of oxime groups is 3. The van der Waals surface area contributed by atoms with E-state index in [-0.39, 0.29) is 45.4 Å². The summed E-state index contributed by atoms with van der Waals surface area (Å²) in [5, 5.41) is 49.9. The Kier molecular flexibility index (Phi) is 20.2. The Balaban J connectivity index is 0.000000137. The van der Waals surface area contributed by atoms with Crippen LogP contribution < -0.4 is 25.3 Å². The lowest BCUT2D eigenvalue weighted by Gasteiger charge is -2.28. The van der Waals surface area contributed by atoms with E-state index in [4.69, 9.17) is 0 Å². The molecule has 520 valence electrons. The maximum Gasteiger partial charge on any atom is 0.258 e. The number of fused-ring (bicyclic) bond motifs is 3. The minimum atomic E-state index is -0.471. The van der Waals surface area contributed by atoms with E-state index in [0.717, 1.165) is 164 Å². The molecule has 0 radical (unpaired) electrons. The number of hydrogen-bond donors (Lipinski definition) is 5. The highest BCUT2D eigenvalue weighted by Gasteiger charge is 2.46. The Morgan fingerprint density at radius 2 is 0.804 bits per heavy atom. The van der Waals surface area contributed by atoms with Crippen molar-refractivity contribution in [3.8, 4) is 5.69 Å². The molecule has 0 bridgehead atoms. The second-order valence-electron chi connectivity index (χ2n) is 27.9. The topological polar surface area (TPSA) is 235 Å². The van der Waals surface area contributed by atoms with Crippen LogP contribution in [0.5, 0.6) is 0 Å². The standard InChI is InChI=1S/C29H28FN3O3.C29H29N3O3.C25H26N4O2/c1-19-8-11-22(30)17-24(19)27(34)31-23-12-9-20(10-13-23)28(35)33-16-15-29(14-4-7-26(29)32-36)18-21-5-2-3-6-25(21)33;1-20-7-2-4-9-24(20)27(33)30-23-14-12-21(13-15-23)28(34)32-18-17-29(16-6-11-26(29)31-35)19-22-8-3-5-10-25(22)32;1-18-12-15-29(26-18)21-10-8-19(9-11-21)24(30)28-16-14-25(13-4-7-23(25)27-31)17-20-5-2-3-6-22(20)28/h2-3,5-6,8-13,17,36H,4,7,14-16,18H2,1H3,(H,31,34);2-5,7-10,12-15,35H,6,11,16-19H2,1H3,(H,30,33);2-3,5-6,8-12,15,31H,4,7,13-14,16-17H2,1H3. The summed E-state index contributed by atoms with van der Waals surface area (Å²) in [5.74, 6) is -1.26. The molecule has 15 rings (SSSR count). The van der Waals surface area contributed by atoms with Crippen LogP contribution in [0.3, 0.4) is 0 Å². The lowest BCUT2D eigenvalue weighted by Crippen LogP contribution is -2.35. The summed E-state index contributed by atoms with van der Waals surface area (Å²) in [4.78, 5) is 71.6. The van der Waals surface area contributed by atoms with Gasteiger partial charge < -0.3 is 41.0 Å². The number of anilines is 5. The van der Waals surface area contributed by atoms with E-state index >= 15 is 0 Å². The van der Waals surface area contributed by atoms with Gasteiger partial charge in [0.15, 0.2) is 0 Å². The average Bonchev–Trinajstić information content (AvgIpc) is 1.54. The van der Waals surface area contributed by atoms with E-state index in [1.165, 1.54) is 12.1 Å². The number of amides is 5. The highest BCUT2D eigenvalue weighted by Crippen LogP contribution is 2.49. The maximum atomic E-state index is 13.6. The minimum Gasteiger partial charge on any atom is -0.411 e. The Morgan fingerprint density at radius 1 is 0.431 bits per heavy atom.